The number of hydrogen-bond donors (Lipinski definition) is 0. The predicted molar refractivity (Wildman–Crippen MR) is 46.3 cm³/mol. The number of nitrogens with zero attached hydrogens (tertiary/aromatic N) is 1. The lowest BCUT2D eigenvalue weighted by atomic mass is 10.3. The Balaban J connectivity index is 3.42. The lowest BCUT2D eigenvalue weighted by Crippen LogP contribution is -2.06. The standard InChI is InChI=1S/C7H6FNO4S/c8-5-14(12,13)7-4-2-1-3-6(7)9(10)11/h1-4H,5H2. The summed E-state index contributed by atoms with van der Waals surface area (Å²) in [6.07, 6.45) is 0. The van der Waals surface area contributed by atoms with Crippen LogP contribution in [-0.2, 0) is 9.84 Å². The van der Waals surface area contributed by atoms with Crippen molar-refractivity contribution in [2.45, 2.75) is 4.90 Å². The number of alkyl halides is 1. The molecule has 0 amide bonds. The third-order valence-electron chi connectivity index (χ3n) is 1.54. The minimum atomic E-state index is -4.18. The van der Waals surface area contributed by atoms with Crippen molar-refractivity contribution in [2.24, 2.45) is 0 Å². The summed E-state index contributed by atoms with van der Waals surface area (Å²) in [5, 5.41) is 10.4. The molecule has 0 saturated heterocycles. The third kappa shape index (κ3) is 1.87. The molecule has 0 atom stereocenters. The number of para-hydroxylation sites is 1. The molecule has 0 N–H and O–H groups in total. The molecule has 1 rings (SSSR count). The van der Waals surface area contributed by atoms with Crippen LogP contribution in [0.15, 0.2) is 29.2 Å². The Morgan fingerprint density at radius 3 is 2.43 bits per heavy atom. The summed E-state index contributed by atoms with van der Waals surface area (Å²) >= 11 is 0. The molecule has 0 fully saturated rings. The third-order valence-corrected chi connectivity index (χ3v) is 2.84. The molecule has 0 heterocycles. The molecule has 76 valence electrons. The van der Waals surface area contributed by atoms with Gasteiger partial charge in [-0.25, -0.2) is 12.8 Å². The van der Waals surface area contributed by atoms with Gasteiger partial charge in [-0.1, -0.05) is 12.1 Å². The van der Waals surface area contributed by atoms with Crippen molar-refractivity contribution < 1.29 is 17.7 Å². The molecule has 0 aromatic heterocycles. The summed E-state index contributed by atoms with van der Waals surface area (Å²) in [5.41, 5.74) is -0.606. The maximum atomic E-state index is 12.1. The van der Waals surface area contributed by atoms with Gasteiger partial charge in [0.25, 0.3) is 5.69 Å². The van der Waals surface area contributed by atoms with Crippen LogP contribution >= 0.6 is 0 Å². The van der Waals surface area contributed by atoms with E-state index in [1.54, 1.807) is 0 Å². The van der Waals surface area contributed by atoms with Crippen molar-refractivity contribution in [3.8, 4) is 0 Å². The second-order valence-corrected chi connectivity index (χ2v) is 4.34. The second kappa shape index (κ2) is 3.70. The fourth-order valence-corrected chi connectivity index (χ4v) is 1.79. The van der Waals surface area contributed by atoms with Gasteiger partial charge in [-0.15, -0.1) is 0 Å². The van der Waals surface area contributed by atoms with Crippen molar-refractivity contribution >= 4 is 15.5 Å². The van der Waals surface area contributed by atoms with E-state index in [1.165, 1.54) is 12.1 Å². The normalized spacial score (nSPS) is 11.2. The zero-order valence-corrected chi connectivity index (χ0v) is 7.70. The highest BCUT2D eigenvalue weighted by atomic mass is 32.2. The lowest BCUT2D eigenvalue weighted by molar-refractivity contribution is -0.387. The Kier molecular flexibility index (Phi) is 2.80. The molecule has 0 spiro atoms. The first-order valence-corrected chi connectivity index (χ1v) is 5.16. The minimum absolute atomic E-state index is 0.590. The van der Waals surface area contributed by atoms with Crippen LogP contribution in [0.2, 0.25) is 0 Å². The first-order valence-electron chi connectivity index (χ1n) is 3.51. The molecule has 0 bridgehead atoms. The summed E-state index contributed by atoms with van der Waals surface area (Å²) < 4.78 is 34.2. The van der Waals surface area contributed by atoms with Gasteiger partial charge in [-0.3, -0.25) is 10.1 Å². The van der Waals surface area contributed by atoms with Crippen molar-refractivity contribution in [2.75, 3.05) is 6.01 Å². The Labute approximate surface area is 79.2 Å². The van der Waals surface area contributed by atoms with Crippen molar-refractivity contribution in [3.63, 3.8) is 0 Å². The monoisotopic (exact) mass is 219 g/mol. The number of hydrogen-bond acceptors (Lipinski definition) is 4. The van der Waals surface area contributed by atoms with E-state index in [9.17, 15) is 22.9 Å². The Morgan fingerprint density at radius 2 is 1.93 bits per heavy atom. The average molecular weight is 219 g/mol. The SMILES string of the molecule is O=[N+]([O-])c1ccccc1S(=O)(=O)CF. The zero-order chi connectivity index (χ0) is 10.8. The fraction of sp³-hybridized carbons (Fsp3) is 0.143. The van der Waals surface area contributed by atoms with E-state index >= 15 is 0 Å². The van der Waals surface area contributed by atoms with Gasteiger partial charge in [0.1, 0.15) is 4.90 Å². The number of benzene rings is 1. The summed E-state index contributed by atoms with van der Waals surface area (Å²) in [5.74, 6) is 0. The zero-order valence-electron chi connectivity index (χ0n) is 6.88. The van der Waals surface area contributed by atoms with Gasteiger partial charge in [0.2, 0.25) is 9.84 Å². The number of sulfone groups is 1. The number of nitro groups is 1. The van der Waals surface area contributed by atoms with Crippen LogP contribution in [0.5, 0.6) is 0 Å². The Hall–Kier alpha value is -1.50. The van der Waals surface area contributed by atoms with Crippen LogP contribution in [0.3, 0.4) is 0 Å². The van der Waals surface area contributed by atoms with Crippen LogP contribution in [-0.4, -0.2) is 19.3 Å². The van der Waals surface area contributed by atoms with Crippen LogP contribution in [0.4, 0.5) is 10.1 Å². The van der Waals surface area contributed by atoms with Crippen molar-refractivity contribution in [1.82, 2.24) is 0 Å². The smallest absolute Gasteiger partial charge is 0.258 e. The molecule has 1 aromatic carbocycles. The lowest BCUT2D eigenvalue weighted by Gasteiger charge is -1.99. The predicted octanol–water partition coefficient (Wildman–Crippen LogP) is 1.30. The van der Waals surface area contributed by atoms with E-state index in [0.29, 0.717) is 0 Å². The first kappa shape index (κ1) is 10.6. The minimum Gasteiger partial charge on any atom is -0.258 e. The molecule has 7 heteroatoms. The average Bonchev–Trinajstić information content (AvgIpc) is 2.18. The number of rotatable bonds is 3. The van der Waals surface area contributed by atoms with Crippen LogP contribution in [0, 0.1) is 10.1 Å². The van der Waals surface area contributed by atoms with Gasteiger partial charge in [-0.05, 0) is 6.07 Å². The Bertz CT molecular complexity index is 457. The van der Waals surface area contributed by atoms with Gasteiger partial charge in [0.05, 0.1) is 4.92 Å². The summed E-state index contributed by atoms with van der Waals surface area (Å²) in [4.78, 5) is 8.95. The molecule has 0 aliphatic carbocycles. The van der Waals surface area contributed by atoms with Gasteiger partial charge in [-0.2, -0.15) is 0 Å². The molecule has 0 aliphatic rings. The van der Waals surface area contributed by atoms with E-state index < -0.39 is 31.4 Å². The molecule has 0 saturated carbocycles. The van der Waals surface area contributed by atoms with Crippen molar-refractivity contribution in [3.05, 3.63) is 34.4 Å². The highest BCUT2D eigenvalue weighted by Gasteiger charge is 2.24. The van der Waals surface area contributed by atoms with Crippen LogP contribution in [0.1, 0.15) is 0 Å². The van der Waals surface area contributed by atoms with Gasteiger partial charge in [0, 0.05) is 6.07 Å². The highest BCUT2D eigenvalue weighted by molar-refractivity contribution is 7.91. The molecule has 0 aliphatic heterocycles. The molecule has 1 aromatic rings. The fourth-order valence-electron chi connectivity index (χ4n) is 0.930. The molecule has 5 nitrogen and oxygen atoms in total. The van der Waals surface area contributed by atoms with E-state index in [2.05, 4.69) is 0 Å². The first-order chi connectivity index (χ1) is 6.49. The second-order valence-electron chi connectivity index (χ2n) is 2.45. The quantitative estimate of drug-likeness (QED) is 0.567. The highest BCUT2D eigenvalue weighted by Crippen LogP contribution is 2.23. The van der Waals surface area contributed by atoms with Crippen LogP contribution in [0.25, 0.3) is 0 Å². The largest absolute Gasteiger partial charge is 0.288 e. The van der Waals surface area contributed by atoms with Crippen LogP contribution < -0.4 is 0 Å². The summed E-state index contributed by atoms with van der Waals surface area (Å²) in [6, 6.07) is 3.00. The molecule has 0 radical (unpaired) electrons. The van der Waals surface area contributed by atoms with Gasteiger partial charge >= 0.3 is 0 Å². The Morgan fingerprint density at radius 1 is 1.36 bits per heavy atom. The number of halogens is 1. The summed E-state index contributed by atoms with van der Waals surface area (Å²) in [6.45, 7) is 0. The van der Waals surface area contributed by atoms with Gasteiger partial charge in [0.15, 0.2) is 6.01 Å². The summed E-state index contributed by atoms with van der Waals surface area (Å²) in [7, 11) is -4.18. The van der Waals surface area contributed by atoms with E-state index in [4.69, 9.17) is 0 Å². The maximum absolute atomic E-state index is 12.1. The molecule has 14 heavy (non-hydrogen) atoms. The van der Waals surface area contributed by atoms with E-state index in [0.717, 1.165) is 12.1 Å². The van der Waals surface area contributed by atoms with E-state index in [1.807, 2.05) is 0 Å². The molecular formula is C7H6FNO4S. The van der Waals surface area contributed by atoms with Gasteiger partial charge < -0.3 is 0 Å². The maximum Gasteiger partial charge on any atom is 0.288 e. The molecular weight excluding hydrogens is 213 g/mol. The molecule has 0 unspecified atom stereocenters. The number of nitro benzene ring substituents is 1. The van der Waals surface area contributed by atoms with Crippen molar-refractivity contribution in [1.29, 1.82) is 0 Å². The van der Waals surface area contributed by atoms with E-state index in [-0.39, 0.29) is 0 Å². The topological polar surface area (TPSA) is 77.3 Å².